The molecule has 0 N–H and O–H groups in total. The number of benzene rings is 2. The van der Waals surface area contributed by atoms with Gasteiger partial charge in [-0.3, -0.25) is 0 Å². The van der Waals surface area contributed by atoms with Crippen molar-refractivity contribution in [2.45, 2.75) is 5.33 Å². The Labute approximate surface area is 116 Å². The van der Waals surface area contributed by atoms with Crippen molar-refractivity contribution in [3.63, 3.8) is 0 Å². The summed E-state index contributed by atoms with van der Waals surface area (Å²) in [5, 5.41) is 2.76. The minimum atomic E-state index is -0.314. The van der Waals surface area contributed by atoms with E-state index in [1.165, 1.54) is 7.11 Å². The highest BCUT2D eigenvalue weighted by atomic mass is 79.9. The van der Waals surface area contributed by atoms with Crippen LogP contribution in [0.4, 0.5) is 0 Å². The van der Waals surface area contributed by atoms with Crippen molar-refractivity contribution >= 4 is 48.6 Å². The Morgan fingerprint density at radius 3 is 2.53 bits per heavy atom. The Morgan fingerprint density at radius 2 is 1.94 bits per heavy atom. The Bertz CT molecular complexity index is 579. The van der Waals surface area contributed by atoms with Crippen molar-refractivity contribution in [2.24, 2.45) is 0 Å². The van der Waals surface area contributed by atoms with Gasteiger partial charge in [0.25, 0.3) is 0 Å². The van der Waals surface area contributed by atoms with Crippen LogP contribution in [0.5, 0.6) is 0 Å². The van der Waals surface area contributed by atoms with Gasteiger partial charge in [0, 0.05) is 9.80 Å². The molecule has 0 aliphatic carbocycles. The third kappa shape index (κ3) is 2.24. The molecule has 0 saturated carbocycles. The lowest BCUT2D eigenvalue weighted by atomic mass is 10.0. The molecule has 0 amide bonds. The number of methoxy groups -OCH3 is 1. The summed E-state index contributed by atoms with van der Waals surface area (Å²) in [4.78, 5) is 11.7. The van der Waals surface area contributed by atoms with Gasteiger partial charge in [-0.25, -0.2) is 4.79 Å². The van der Waals surface area contributed by atoms with E-state index in [9.17, 15) is 4.79 Å². The maximum atomic E-state index is 11.7. The molecule has 0 heterocycles. The number of hydrogen-bond donors (Lipinski definition) is 0. The summed E-state index contributed by atoms with van der Waals surface area (Å²) >= 11 is 6.91. The van der Waals surface area contributed by atoms with Crippen LogP contribution in [0.25, 0.3) is 10.8 Å². The molecule has 0 fully saturated rings. The number of hydrogen-bond acceptors (Lipinski definition) is 2. The molecule has 88 valence electrons. The first kappa shape index (κ1) is 12.6. The first-order valence-electron chi connectivity index (χ1n) is 5.03. The summed E-state index contributed by atoms with van der Waals surface area (Å²) in [6.45, 7) is 0. The zero-order chi connectivity index (χ0) is 12.4. The highest BCUT2D eigenvalue weighted by Gasteiger charge is 2.15. The Morgan fingerprint density at radius 1 is 1.29 bits per heavy atom. The summed E-state index contributed by atoms with van der Waals surface area (Å²) in [6.07, 6.45) is 0. The first-order valence-corrected chi connectivity index (χ1v) is 6.95. The van der Waals surface area contributed by atoms with Gasteiger partial charge in [-0.15, -0.1) is 0 Å². The molecular formula is C13H10Br2O2. The van der Waals surface area contributed by atoms with Gasteiger partial charge in [0.15, 0.2) is 0 Å². The quantitative estimate of drug-likeness (QED) is 0.592. The van der Waals surface area contributed by atoms with Crippen LogP contribution >= 0.6 is 31.9 Å². The maximum absolute atomic E-state index is 11.7. The monoisotopic (exact) mass is 356 g/mol. The first-order chi connectivity index (χ1) is 8.19. The van der Waals surface area contributed by atoms with E-state index in [4.69, 9.17) is 4.74 Å². The minimum absolute atomic E-state index is 0.314. The van der Waals surface area contributed by atoms with Crippen molar-refractivity contribution in [2.75, 3.05) is 7.11 Å². The summed E-state index contributed by atoms with van der Waals surface area (Å²) in [5.74, 6) is -0.314. The molecule has 2 rings (SSSR count). The van der Waals surface area contributed by atoms with Gasteiger partial charge in [0.1, 0.15) is 0 Å². The molecule has 2 aromatic carbocycles. The number of ether oxygens (including phenoxy) is 1. The lowest BCUT2D eigenvalue weighted by molar-refractivity contribution is 0.0600. The second-order valence-corrected chi connectivity index (χ2v) is 4.97. The van der Waals surface area contributed by atoms with Crippen LogP contribution in [-0.2, 0) is 10.1 Å². The van der Waals surface area contributed by atoms with Crippen molar-refractivity contribution in [1.82, 2.24) is 0 Å². The summed E-state index contributed by atoms with van der Waals surface area (Å²) < 4.78 is 5.70. The van der Waals surface area contributed by atoms with E-state index in [2.05, 4.69) is 31.9 Å². The van der Waals surface area contributed by atoms with E-state index in [0.29, 0.717) is 10.9 Å². The van der Waals surface area contributed by atoms with Crippen LogP contribution < -0.4 is 0 Å². The van der Waals surface area contributed by atoms with E-state index < -0.39 is 0 Å². The summed E-state index contributed by atoms with van der Waals surface area (Å²) in [5.41, 5.74) is 1.55. The van der Waals surface area contributed by atoms with E-state index >= 15 is 0 Å². The van der Waals surface area contributed by atoms with Crippen LogP contribution in [0.15, 0.2) is 34.8 Å². The Kier molecular flexibility index (Phi) is 3.84. The van der Waals surface area contributed by atoms with Crippen molar-refractivity contribution in [3.8, 4) is 0 Å². The van der Waals surface area contributed by atoms with E-state index in [1.54, 1.807) is 0 Å². The van der Waals surface area contributed by atoms with Gasteiger partial charge in [0.05, 0.1) is 12.7 Å². The third-order valence-corrected chi connectivity index (χ3v) is 3.86. The molecule has 0 bridgehead atoms. The largest absolute Gasteiger partial charge is 0.465 e. The molecule has 17 heavy (non-hydrogen) atoms. The highest BCUT2D eigenvalue weighted by Crippen LogP contribution is 2.31. The molecule has 0 radical (unpaired) electrons. The van der Waals surface area contributed by atoms with E-state index in [-0.39, 0.29) is 5.97 Å². The normalized spacial score (nSPS) is 10.5. The van der Waals surface area contributed by atoms with Crippen LogP contribution in [0, 0.1) is 0 Å². The lowest BCUT2D eigenvalue weighted by Gasteiger charge is -2.11. The number of esters is 1. The minimum Gasteiger partial charge on any atom is -0.465 e. The second kappa shape index (κ2) is 5.19. The molecule has 0 aromatic heterocycles. The van der Waals surface area contributed by atoms with Gasteiger partial charge >= 0.3 is 5.97 Å². The van der Waals surface area contributed by atoms with Gasteiger partial charge < -0.3 is 4.74 Å². The predicted molar refractivity (Wildman–Crippen MR) is 75.6 cm³/mol. The molecule has 0 atom stereocenters. The fourth-order valence-electron chi connectivity index (χ4n) is 1.83. The third-order valence-electron chi connectivity index (χ3n) is 2.64. The standard InChI is InChI=1S/C13H10Br2O2/c1-17-13(16)10-6-12(15)9-5-3-2-4-8(9)11(10)7-14/h2-6H,7H2,1H3. The molecular weight excluding hydrogens is 348 g/mol. The number of halogens is 2. The molecule has 2 nitrogen and oxygen atoms in total. The lowest BCUT2D eigenvalue weighted by Crippen LogP contribution is -2.05. The average Bonchev–Trinajstić information content (AvgIpc) is 2.38. The van der Waals surface area contributed by atoms with Crippen molar-refractivity contribution in [1.29, 1.82) is 0 Å². The number of alkyl halides is 1. The number of fused-ring (bicyclic) bond motifs is 1. The SMILES string of the molecule is COC(=O)c1cc(Br)c2ccccc2c1CBr. The Hall–Kier alpha value is -0.870. The molecule has 2 aromatic rings. The van der Waals surface area contributed by atoms with Crippen LogP contribution in [0.3, 0.4) is 0 Å². The smallest absolute Gasteiger partial charge is 0.338 e. The number of rotatable bonds is 2. The fourth-order valence-corrected chi connectivity index (χ4v) is 3.01. The molecule has 0 aliphatic heterocycles. The van der Waals surface area contributed by atoms with Gasteiger partial charge in [0.2, 0.25) is 0 Å². The van der Waals surface area contributed by atoms with E-state index in [0.717, 1.165) is 20.8 Å². The number of carbonyl (C=O) groups is 1. The average molecular weight is 358 g/mol. The second-order valence-electron chi connectivity index (χ2n) is 3.56. The molecule has 0 saturated heterocycles. The summed E-state index contributed by atoms with van der Waals surface area (Å²) in [6, 6.07) is 9.77. The Balaban J connectivity index is 2.82. The van der Waals surface area contributed by atoms with E-state index in [1.807, 2.05) is 30.3 Å². The molecule has 0 aliphatic rings. The van der Waals surface area contributed by atoms with Crippen LogP contribution in [0.2, 0.25) is 0 Å². The number of carbonyl (C=O) groups excluding carboxylic acids is 1. The van der Waals surface area contributed by atoms with Crippen LogP contribution in [0.1, 0.15) is 15.9 Å². The van der Waals surface area contributed by atoms with Crippen molar-refractivity contribution < 1.29 is 9.53 Å². The summed E-state index contributed by atoms with van der Waals surface area (Å²) in [7, 11) is 1.39. The van der Waals surface area contributed by atoms with Gasteiger partial charge in [-0.1, -0.05) is 56.1 Å². The van der Waals surface area contributed by atoms with Gasteiger partial charge in [-0.05, 0) is 22.4 Å². The zero-order valence-electron chi connectivity index (χ0n) is 9.17. The van der Waals surface area contributed by atoms with Crippen LogP contribution in [-0.4, -0.2) is 13.1 Å². The highest BCUT2D eigenvalue weighted by molar-refractivity contribution is 9.10. The molecule has 4 heteroatoms. The zero-order valence-corrected chi connectivity index (χ0v) is 12.3. The fraction of sp³-hybridized carbons (Fsp3) is 0.154. The molecule has 0 spiro atoms. The van der Waals surface area contributed by atoms with Crippen molar-refractivity contribution in [3.05, 3.63) is 45.9 Å². The van der Waals surface area contributed by atoms with Gasteiger partial charge in [-0.2, -0.15) is 0 Å². The maximum Gasteiger partial charge on any atom is 0.338 e. The predicted octanol–water partition coefficient (Wildman–Crippen LogP) is 4.28. The topological polar surface area (TPSA) is 26.3 Å². The molecule has 0 unspecified atom stereocenters.